The largest absolute Gasteiger partial charge is 0.325 e. The summed E-state index contributed by atoms with van der Waals surface area (Å²) in [6.07, 6.45) is 3.82. The fourth-order valence-corrected chi connectivity index (χ4v) is 2.55. The molecule has 0 radical (unpaired) electrons. The number of carbonyl (C=O) groups is 1. The van der Waals surface area contributed by atoms with Crippen molar-refractivity contribution in [2.24, 2.45) is 5.92 Å². The first-order valence-electron chi connectivity index (χ1n) is 6.69. The molecule has 0 aliphatic carbocycles. The number of piperidine rings is 1. The Morgan fingerprint density at radius 3 is 3.05 bits per heavy atom. The zero-order valence-corrected chi connectivity index (χ0v) is 12.2. The van der Waals surface area contributed by atoms with Gasteiger partial charge in [0.25, 0.3) is 0 Å². The molecule has 0 bridgehead atoms. The first-order valence-corrected chi connectivity index (χ1v) is 6.69. The van der Waals surface area contributed by atoms with E-state index in [4.69, 9.17) is 0 Å². The molecule has 1 fully saturated rings. The predicted molar refractivity (Wildman–Crippen MR) is 82.3 cm³/mol. The summed E-state index contributed by atoms with van der Waals surface area (Å²) in [5, 5.41) is 14.3. The zero-order valence-electron chi connectivity index (χ0n) is 11.4. The van der Waals surface area contributed by atoms with E-state index in [2.05, 4.69) is 20.8 Å². The summed E-state index contributed by atoms with van der Waals surface area (Å²) < 4.78 is 0. The van der Waals surface area contributed by atoms with Crippen LogP contribution in [0.2, 0.25) is 0 Å². The van der Waals surface area contributed by atoms with E-state index in [1.54, 1.807) is 6.20 Å². The molecule has 0 spiro atoms. The number of carbonyl (C=O) groups excluding carboxylic acids is 1. The highest BCUT2D eigenvalue weighted by atomic mass is 35.5. The standard InChI is InChI=1S/C14H18N4O.ClH/c1-9-5-11-8-16-18-13(11)6-12(9)17-14(19)10-3-2-4-15-7-10;/h5-6,8,10,15H,2-4,7H2,1H3,(H,16,18)(H,17,19);1H. The van der Waals surface area contributed by atoms with Crippen LogP contribution < -0.4 is 10.6 Å². The number of aromatic amines is 1. The third-order valence-electron chi connectivity index (χ3n) is 3.71. The normalized spacial score (nSPS) is 18.6. The topological polar surface area (TPSA) is 69.8 Å². The molecule has 1 amide bonds. The van der Waals surface area contributed by atoms with Crippen molar-refractivity contribution in [1.29, 1.82) is 0 Å². The summed E-state index contributed by atoms with van der Waals surface area (Å²) in [5.41, 5.74) is 2.88. The Morgan fingerprint density at radius 2 is 2.30 bits per heavy atom. The van der Waals surface area contributed by atoms with Crippen molar-refractivity contribution in [3.05, 3.63) is 23.9 Å². The Balaban J connectivity index is 0.00000147. The van der Waals surface area contributed by atoms with Crippen LogP contribution in [0, 0.1) is 12.8 Å². The summed E-state index contributed by atoms with van der Waals surface area (Å²) >= 11 is 0. The van der Waals surface area contributed by atoms with Crippen molar-refractivity contribution < 1.29 is 4.79 Å². The molecule has 1 aliphatic rings. The number of nitrogens with zero attached hydrogens (tertiary/aromatic N) is 1. The maximum atomic E-state index is 12.2. The van der Waals surface area contributed by atoms with Crippen LogP contribution in [0.4, 0.5) is 5.69 Å². The van der Waals surface area contributed by atoms with Crippen molar-refractivity contribution in [2.75, 3.05) is 18.4 Å². The van der Waals surface area contributed by atoms with Crippen molar-refractivity contribution in [2.45, 2.75) is 19.8 Å². The van der Waals surface area contributed by atoms with Crippen molar-refractivity contribution >= 4 is 34.9 Å². The molecule has 1 unspecified atom stereocenters. The summed E-state index contributed by atoms with van der Waals surface area (Å²) in [5.74, 6) is 0.180. The lowest BCUT2D eigenvalue weighted by atomic mass is 9.98. The lowest BCUT2D eigenvalue weighted by Gasteiger charge is -2.22. The number of aryl methyl sites for hydroxylation is 1. The molecule has 2 heterocycles. The molecule has 108 valence electrons. The van der Waals surface area contributed by atoms with E-state index in [0.717, 1.165) is 48.1 Å². The fourth-order valence-electron chi connectivity index (χ4n) is 2.55. The molecule has 1 aromatic carbocycles. The zero-order chi connectivity index (χ0) is 13.2. The second-order valence-corrected chi connectivity index (χ2v) is 5.16. The molecule has 3 N–H and O–H groups in total. The molecular formula is C14H19ClN4O. The minimum absolute atomic E-state index is 0. The van der Waals surface area contributed by atoms with Gasteiger partial charge in [-0.2, -0.15) is 5.10 Å². The van der Waals surface area contributed by atoms with Crippen molar-refractivity contribution in [1.82, 2.24) is 15.5 Å². The number of hydrogen-bond acceptors (Lipinski definition) is 3. The minimum Gasteiger partial charge on any atom is -0.325 e. The quantitative estimate of drug-likeness (QED) is 0.795. The van der Waals surface area contributed by atoms with Crippen LogP contribution >= 0.6 is 12.4 Å². The van der Waals surface area contributed by atoms with Gasteiger partial charge in [0.15, 0.2) is 0 Å². The minimum atomic E-state index is 0. The molecule has 1 aromatic heterocycles. The molecule has 1 aliphatic heterocycles. The number of fused-ring (bicyclic) bond motifs is 1. The number of benzene rings is 1. The van der Waals surface area contributed by atoms with Gasteiger partial charge in [-0.1, -0.05) is 0 Å². The Kier molecular flexibility index (Phi) is 4.62. The first-order chi connectivity index (χ1) is 9.24. The maximum absolute atomic E-state index is 12.2. The molecule has 6 heteroatoms. The third kappa shape index (κ3) is 2.94. The molecule has 2 aromatic rings. The van der Waals surface area contributed by atoms with Crippen LogP contribution in [0.15, 0.2) is 18.3 Å². The summed E-state index contributed by atoms with van der Waals surface area (Å²) in [7, 11) is 0. The van der Waals surface area contributed by atoms with Crippen molar-refractivity contribution in [3.63, 3.8) is 0 Å². The number of amides is 1. The van der Waals surface area contributed by atoms with Gasteiger partial charge < -0.3 is 10.6 Å². The van der Waals surface area contributed by atoms with E-state index in [0.29, 0.717) is 0 Å². The van der Waals surface area contributed by atoms with Gasteiger partial charge in [0.05, 0.1) is 17.6 Å². The van der Waals surface area contributed by atoms with Gasteiger partial charge in [-0.15, -0.1) is 12.4 Å². The van der Waals surface area contributed by atoms with Crippen LogP contribution in [-0.2, 0) is 4.79 Å². The highest BCUT2D eigenvalue weighted by Gasteiger charge is 2.21. The van der Waals surface area contributed by atoms with E-state index >= 15 is 0 Å². The average Bonchev–Trinajstić information content (AvgIpc) is 2.87. The van der Waals surface area contributed by atoms with E-state index < -0.39 is 0 Å². The Morgan fingerprint density at radius 1 is 1.45 bits per heavy atom. The predicted octanol–water partition coefficient (Wildman–Crippen LogP) is 2.23. The Hall–Kier alpha value is -1.59. The Labute approximate surface area is 123 Å². The first kappa shape index (κ1) is 14.8. The van der Waals surface area contributed by atoms with E-state index in [1.165, 1.54) is 0 Å². The van der Waals surface area contributed by atoms with Crippen molar-refractivity contribution in [3.8, 4) is 0 Å². The summed E-state index contributed by atoms with van der Waals surface area (Å²) in [6, 6.07) is 3.99. The molecule has 3 rings (SSSR count). The van der Waals surface area contributed by atoms with Crippen LogP contribution in [-0.4, -0.2) is 29.2 Å². The van der Waals surface area contributed by atoms with Crippen LogP contribution in [0.25, 0.3) is 10.9 Å². The molecule has 5 nitrogen and oxygen atoms in total. The highest BCUT2D eigenvalue weighted by molar-refractivity contribution is 5.96. The smallest absolute Gasteiger partial charge is 0.228 e. The summed E-state index contributed by atoms with van der Waals surface area (Å²) in [6.45, 7) is 3.79. The van der Waals surface area contributed by atoms with E-state index in [-0.39, 0.29) is 24.2 Å². The number of hydrogen-bond donors (Lipinski definition) is 3. The van der Waals surface area contributed by atoms with Crippen LogP contribution in [0.3, 0.4) is 0 Å². The average molecular weight is 295 g/mol. The van der Waals surface area contributed by atoms with Gasteiger partial charge in [-0.05, 0) is 44.0 Å². The monoisotopic (exact) mass is 294 g/mol. The maximum Gasteiger partial charge on any atom is 0.228 e. The lowest BCUT2D eigenvalue weighted by molar-refractivity contribution is -0.120. The van der Waals surface area contributed by atoms with E-state index in [9.17, 15) is 4.79 Å². The number of halogens is 1. The number of anilines is 1. The second kappa shape index (κ2) is 6.24. The third-order valence-corrected chi connectivity index (χ3v) is 3.71. The van der Waals surface area contributed by atoms with Gasteiger partial charge in [-0.3, -0.25) is 9.89 Å². The molecule has 0 saturated carbocycles. The van der Waals surface area contributed by atoms with Gasteiger partial charge in [-0.25, -0.2) is 0 Å². The number of nitrogens with one attached hydrogen (secondary N) is 3. The Bertz CT molecular complexity index is 604. The van der Waals surface area contributed by atoms with Gasteiger partial charge in [0, 0.05) is 17.6 Å². The van der Waals surface area contributed by atoms with Crippen LogP contribution in [0.1, 0.15) is 18.4 Å². The van der Waals surface area contributed by atoms with Gasteiger partial charge in [0.2, 0.25) is 5.91 Å². The van der Waals surface area contributed by atoms with E-state index in [1.807, 2.05) is 19.1 Å². The number of H-pyrrole nitrogens is 1. The lowest BCUT2D eigenvalue weighted by Crippen LogP contribution is -2.37. The SMILES string of the molecule is Cc1cc2cn[nH]c2cc1NC(=O)C1CCCNC1.Cl. The fraction of sp³-hybridized carbons (Fsp3) is 0.429. The second-order valence-electron chi connectivity index (χ2n) is 5.16. The molecular weight excluding hydrogens is 276 g/mol. The van der Waals surface area contributed by atoms with Gasteiger partial charge >= 0.3 is 0 Å². The van der Waals surface area contributed by atoms with Gasteiger partial charge in [0.1, 0.15) is 0 Å². The molecule has 1 atom stereocenters. The number of rotatable bonds is 2. The molecule has 1 saturated heterocycles. The number of aromatic nitrogens is 2. The summed E-state index contributed by atoms with van der Waals surface area (Å²) in [4.78, 5) is 12.2. The van der Waals surface area contributed by atoms with Crippen LogP contribution in [0.5, 0.6) is 0 Å². The highest BCUT2D eigenvalue weighted by Crippen LogP contribution is 2.23. The molecule has 20 heavy (non-hydrogen) atoms.